The molecule has 0 radical (unpaired) electrons. The van der Waals surface area contributed by atoms with Gasteiger partial charge in [-0.15, -0.1) is 0 Å². The summed E-state index contributed by atoms with van der Waals surface area (Å²) in [4.78, 5) is 71.0. The van der Waals surface area contributed by atoms with E-state index in [9.17, 15) is 29.1 Å². The summed E-state index contributed by atoms with van der Waals surface area (Å²) in [5.74, 6) is -1.56. The zero-order chi connectivity index (χ0) is 33.9. The molecule has 1 aromatic rings. The molecular formula is C35H51N5O7. The number of carbonyl (C=O) groups is 5. The summed E-state index contributed by atoms with van der Waals surface area (Å²) in [7, 11) is 0. The second-order valence-electron chi connectivity index (χ2n) is 15.1. The van der Waals surface area contributed by atoms with Crippen LogP contribution in [0.2, 0.25) is 0 Å². The van der Waals surface area contributed by atoms with Gasteiger partial charge in [0.2, 0.25) is 17.7 Å². The number of rotatable bonds is 11. The third-order valence-corrected chi connectivity index (χ3v) is 9.93. The normalized spacial score (nSPS) is 25.0. The summed E-state index contributed by atoms with van der Waals surface area (Å²) in [5.41, 5.74) is -0.692. The fourth-order valence-electron chi connectivity index (χ4n) is 7.22. The van der Waals surface area contributed by atoms with E-state index >= 15 is 0 Å². The molecule has 47 heavy (non-hydrogen) atoms. The molecule has 1 unspecified atom stereocenters. The predicted molar refractivity (Wildman–Crippen MR) is 175 cm³/mol. The van der Waals surface area contributed by atoms with Crippen LogP contribution < -0.4 is 20.9 Å². The van der Waals surface area contributed by atoms with Gasteiger partial charge in [-0.25, -0.2) is 4.79 Å². The Hall–Kier alpha value is -3.67. The Morgan fingerprint density at radius 3 is 2.32 bits per heavy atom. The number of hydrogen-bond donors (Lipinski definition) is 4. The first-order chi connectivity index (χ1) is 22.3. The number of anilines is 1. The number of likely N-dealkylation sites (tertiary alicyclic amines) is 1. The van der Waals surface area contributed by atoms with Crippen molar-refractivity contribution in [2.45, 2.75) is 128 Å². The average molecular weight is 654 g/mol. The molecule has 258 valence electrons. The first-order valence-corrected chi connectivity index (χ1v) is 17.2. The third kappa shape index (κ3) is 8.25. The molecule has 12 heteroatoms. The Kier molecular flexibility index (Phi) is 10.5. The fraction of sp³-hybridized carbons (Fsp3) is 0.686. The van der Waals surface area contributed by atoms with Gasteiger partial charge >= 0.3 is 6.09 Å². The number of aliphatic hydroxyl groups excluding tert-OH is 1. The maximum atomic E-state index is 14.5. The van der Waals surface area contributed by atoms with E-state index in [-0.39, 0.29) is 37.4 Å². The fourth-order valence-corrected chi connectivity index (χ4v) is 7.22. The van der Waals surface area contributed by atoms with Crippen molar-refractivity contribution >= 4 is 35.4 Å². The van der Waals surface area contributed by atoms with Crippen LogP contribution in [0.5, 0.6) is 0 Å². The molecule has 4 aliphatic rings. The van der Waals surface area contributed by atoms with E-state index in [0.717, 1.165) is 44.2 Å². The molecular weight excluding hydrogens is 602 g/mol. The monoisotopic (exact) mass is 653 g/mol. The summed E-state index contributed by atoms with van der Waals surface area (Å²) < 4.78 is 5.64. The highest BCUT2D eigenvalue weighted by atomic mass is 16.6. The van der Waals surface area contributed by atoms with Crippen LogP contribution in [0, 0.1) is 10.8 Å². The quantitative estimate of drug-likeness (QED) is 0.286. The van der Waals surface area contributed by atoms with Crippen LogP contribution in [0.1, 0.15) is 91.9 Å². The molecule has 12 nitrogen and oxygen atoms in total. The van der Waals surface area contributed by atoms with Crippen LogP contribution >= 0.6 is 0 Å². The number of hydrogen-bond acceptors (Lipinski definition) is 7. The Balaban J connectivity index is 1.40. The van der Waals surface area contributed by atoms with Gasteiger partial charge in [0.05, 0.1) is 6.04 Å². The molecule has 5 amide bonds. The van der Waals surface area contributed by atoms with Crippen molar-refractivity contribution < 1.29 is 33.8 Å². The Morgan fingerprint density at radius 1 is 1.02 bits per heavy atom. The van der Waals surface area contributed by atoms with Gasteiger partial charge in [-0.3, -0.25) is 19.2 Å². The average Bonchev–Trinajstić information content (AvgIpc) is 3.39. The minimum absolute atomic E-state index is 0.0487. The number of alkyl carbamates (subject to hydrolysis) is 1. The van der Waals surface area contributed by atoms with Crippen LogP contribution in [-0.4, -0.2) is 89.2 Å². The van der Waals surface area contributed by atoms with E-state index < -0.39 is 58.9 Å². The van der Waals surface area contributed by atoms with Crippen molar-refractivity contribution in [1.82, 2.24) is 20.9 Å². The highest BCUT2D eigenvalue weighted by Crippen LogP contribution is 2.45. The number of aliphatic hydroxyl groups is 1. The van der Waals surface area contributed by atoms with Crippen molar-refractivity contribution in [3.63, 3.8) is 0 Å². The second-order valence-corrected chi connectivity index (χ2v) is 15.1. The van der Waals surface area contributed by atoms with Crippen LogP contribution in [-0.2, 0) is 23.9 Å². The first-order valence-electron chi connectivity index (χ1n) is 17.2. The molecule has 2 saturated heterocycles. The van der Waals surface area contributed by atoms with Gasteiger partial charge in [0.25, 0.3) is 5.91 Å². The van der Waals surface area contributed by atoms with Gasteiger partial charge in [-0.2, -0.15) is 0 Å². The highest BCUT2D eigenvalue weighted by Gasteiger charge is 2.56. The topological polar surface area (TPSA) is 157 Å². The van der Waals surface area contributed by atoms with Crippen LogP contribution in [0.3, 0.4) is 0 Å². The standard InChI is InChI=1S/C35H51N5O7/c1-5-11-25(28(42)31(44)36-22-16-17-22)37-30(43)26-18-35(19-27(41)39(20-35)23-12-7-6-8-13-23)21-40(26)32(45)29(34(2,3)4)38-33(46)47-24-14-9-10-15-24/h6-8,12-13,22,24-26,28-29,42H,5,9-11,14-21H2,1-4H3,(H,36,44)(H,37,43)(H,38,46)/t25?,26-,28-,29+,35+/m0/s1. The van der Waals surface area contributed by atoms with E-state index in [2.05, 4.69) is 16.0 Å². The molecule has 2 heterocycles. The minimum atomic E-state index is -1.45. The smallest absolute Gasteiger partial charge is 0.408 e. The van der Waals surface area contributed by atoms with Gasteiger partial charge in [0.15, 0.2) is 6.10 Å². The van der Waals surface area contributed by atoms with Gasteiger partial charge in [0, 0.05) is 36.7 Å². The Bertz CT molecular complexity index is 1320. The number of benzene rings is 1. The number of para-hydroxylation sites is 1. The van der Waals surface area contributed by atoms with E-state index in [1.807, 2.05) is 58.0 Å². The first kappa shape index (κ1) is 34.7. The maximum absolute atomic E-state index is 14.5. The highest BCUT2D eigenvalue weighted by molar-refractivity contribution is 5.98. The molecule has 2 aliphatic heterocycles. The SMILES string of the molecule is CCCC(NC(=O)[C@@H]1C[C@]2(CC(=O)N(c3ccccc3)C2)CN1C(=O)[C@@H](NC(=O)OC1CCCC1)C(C)(C)C)[C@H](O)C(=O)NC1CC1. The molecule has 1 aromatic carbocycles. The lowest BCUT2D eigenvalue weighted by molar-refractivity contribution is -0.143. The summed E-state index contributed by atoms with van der Waals surface area (Å²) in [6.07, 6.45) is 4.29. The number of carbonyl (C=O) groups excluding carboxylic acids is 5. The van der Waals surface area contributed by atoms with Crippen molar-refractivity contribution in [1.29, 1.82) is 0 Å². The van der Waals surface area contributed by atoms with Crippen molar-refractivity contribution in [3.05, 3.63) is 30.3 Å². The summed E-state index contributed by atoms with van der Waals surface area (Å²) in [6, 6.07) is 6.51. The Labute approximate surface area is 277 Å². The summed E-state index contributed by atoms with van der Waals surface area (Å²) in [5, 5.41) is 19.4. The molecule has 2 aliphatic carbocycles. The summed E-state index contributed by atoms with van der Waals surface area (Å²) >= 11 is 0. The second kappa shape index (κ2) is 14.2. The molecule has 4 fully saturated rings. The summed E-state index contributed by atoms with van der Waals surface area (Å²) in [6.45, 7) is 7.88. The van der Waals surface area contributed by atoms with Gasteiger partial charge in [-0.05, 0) is 68.9 Å². The molecule has 5 rings (SSSR count). The third-order valence-electron chi connectivity index (χ3n) is 9.93. The lowest BCUT2D eigenvalue weighted by Crippen LogP contribution is -2.59. The number of amides is 5. The molecule has 0 aromatic heterocycles. The number of nitrogens with zero attached hydrogens (tertiary/aromatic N) is 2. The van der Waals surface area contributed by atoms with E-state index in [1.165, 1.54) is 4.90 Å². The Morgan fingerprint density at radius 2 is 1.70 bits per heavy atom. The van der Waals surface area contributed by atoms with Crippen molar-refractivity contribution in [3.8, 4) is 0 Å². The molecule has 2 saturated carbocycles. The largest absolute Gasteiger partial charge is 0.446 e. The van der Waals surface area contributed by atoms with Crippen LogP contribution in [0.4, 0.5) is 10.5 Å². The van der Waals surface area contributed by atoms with Gasteiger partial charge < -0.3 is 35.6 Å². The number of ether oxygens (including phenoxy) is 1. The van der Waals surface area contributed by atoms with Gasteiger partial charge in [-0.1, -0.05) is 52.3 Å². The maximum Gasteiger partial charge on any atom is 0.408 e. The number of nitrogens with one attached hydrogen (secondary N) is 3. The van der Waals surface area contributed by atoms with E-state index in [0.29, 0.717) is 19.4 Å². The minimum Gasteiger partial charge on any atom is -0.446 e. The van der Waals surface area contributed by atoms with Crippen molar-refractivity contribution in [2.24, 2.45) is 10.8 Å². The van der Waals surface area contributed by atoms with E-state index in [1.54, 1.807) is 4.90 Å². The predicted octanol–water partition coefficient (Wildman–Crippen LogP) is 3.02. The van der Waals surface area contributed by atoms with Gasteiger partial charge in [0.1, 0.15) is 18.2 Å². The zero-order valence-electron chi connectivity index (χ0n) is 28.1. The lowest BCUT2D eigenvalue weighted by Gasteiger charge is -2.36. The molecule has 4 N–H and O–H groups in total. The molecule has 5 atom stereocenters. The molecule has 0 bridgehead atoms. The van der Waals surface area contributed by atoms with E-state index in [4.69, 9.17) is 4.74 Å². The van der Waals surface area contributed by atoms with Crippen LogP contribution in [0.15, 0.2) is 30.3 Å². The lowest BCUT2D eigenvalue weighted by atomic mass is 9.84. The zero-order valence-corrected chi connectivity index (χ0v) is 28.1. The van der Waals surface area contributed by atoms with Crippen molar-refractivity contribution in [2.75, 3.05) is 18.0 Å². The molecule has 1 spiro atoms. The van der Waals surface area contributed by atoms with Crippen LogP contribution in [0.25, 0.3) is 0 Å².